The van der Waals surface area contributed by atoms with Crippen LogP contribution in [0.4, 0.5) is 5.95 Å². The zero-order valence-electron chi connectivity index (χ0n) is 7.94. The molecule has 0 spiro atoms. The van der Waals surface area contributed by atoms with E-state index >= 15 is 0 Å². The molecule has 1 aromatic heterocycles. The third-order valence-corrected chi connectivity index (χ3v) is 1.21. The van der Waals surface area contributed by atoms with Gasteiger partial charge in [-0.2, -0.15) is 5.21 Å². The van der Waals surface area contributed by atoms with Crippen molar-refractivity contribution >= 4 is 24.3 Å². The summed E-state index contributed by atoms with van der Waals surface area (Å²) >= 11 is 0. The van der Waals surface area contributed by atoms with Gasteiger partial charge < -0.3 is 5.73 Å². The number of nitrogens with two attached hydrogens (primary N) is 1. The molecule has 0 saturated heterocycles. The summed E-state index contributed by atoms with van der Waals surface area (Å²) in [5.74, 6) is -0.0665. The minimum atomic E-state index is -0.534. The predicted molar refractivity (Wildman–Crippen MR) is 52.9 cm³/mol. The Hall–Kier alpha value is -1.21. The van der Waals surface area contributed by atoms with Crippen molar-refractivity contribution in [3.05, 3.63) is 0 Å². The van der Waals surface area contributed by atoms with E-state index in [1.807, 2.05) is 0 Å². The van der Waals surface area contributed by atoms with Gasteiger partial charge in [-0.1, -0.05) is 5.10 Å². The maximum Gasteiger partial charge on any atom is 0.269 e. The van der Waals surface area contributed by atoms with E-state index in [4.69, 9.17) is 5.73 Å². The van der Waals surface area contributed by atoms with Gasteiger partial charge in [-0.15, -0.1) is 17.5 Å². The SMILES string of the molecule is CC(C)(N)CC(=O)Nc1nn[nH]n1.Cl. The van der Waals surface area contributed by atoms with Gasteiger partial charge >= 0.3 is 0 Å². The molecule has 0 saturated carbocycles. The molecular formula is C6H13ClN6O. The number of tetrazole rings is 1. The second-order valence-corrected chi connectivity index (χ2v) is 3.45. The Morgan fingerprint density at radius 2 is 2.29 bits per heavy atom. The van der Waals surface area contributed by atoms with E-state index in [2.05, 4.69) is 25.9 Å². The third-order valence-electron chi connectivity index (χ3n) is 1.21. The van der Waals surface area contributed by atoms with Crippen molar-refractivity contribution in [3.63, 3.8) is 0 Å². The maximum atomic E-state index is 11.2. The molecule has 0 bridgehead atoms. The minimum Gasteiger partial charge on any atom is -0.325 e. The molecule has 1 aromatic rings. The molecule has 0 fully saturated rings. The molecular weight excluding hydrogens is 208 g/mol. The lowest BCUT2D eigenvalue weighted by Gasteiger charge is -2.16. The topological polar surface area (TPSA) is 110 Å². The van der Waals surface area contributed by atoms with Crippen LogP contribution in [0.5, 0.6) is 0 Å². The van der Waals surface area contributed by atoms with E-state index in [1.54, 1.807) is 13.8 Å². The Morgan fingerprint density at radius 3 is 2.71 bits per heavy atom. The van der Waals surface area contributed by atoms with Crippen LogP contribution in [0.1, 0.15) is 20.3 Å². The van der Waals surface area contributed by atoms with Crippen LogP contribution < -0.4 is 11.1 Å². The molecule has 0 aliphatic heterocycles. The average Bonchev–Trinajstić information content (AvgIpc) is 2.34. The molecule has 14 heavy (non-hydrogen) atoms. The second kappa shape index (κ2) is 4.87. The van der Waals surface area contributed by atoms with E-state index in [-0.39, 0.29) is 30.7 Å². The van der Waals surface area contributed by atoms with E-state index in [9.17, 15) is 4.79 Å². The number of nitrogens with one attached hydrogen (secondary N) is 2. The number of carbonyl (C=O) groups excluding carboxylic acids is 1. The number of amides is 1. The normalized spacial score (nSPS) is 10.5. The number of anilines is 1. The monoisotopic (exact) mass is 220 g/mol. The number of halogens is 1. The number of nitrogens with zero attached hydrogens (tertiary/aromatic N) is 3. The van der Waals surface area contributed by atoms with Crippen LogP contribution in [-0.2, 0) is 4.79 Å². The molecule has 0 aromatic carbocycles. The van der Waals surface area contributed by atoms with Crippen molar-refractivity contribution in [1.29, 1.82) is 0 Å². The number of hydrogen-bond donors (Lipinski definition) is 3. The Morgan fingerprint density at radius 1 is 1.64 bits per heavy atom. The van der Waals surface area contributed by atoms with Gasteiger partial charge in [0.25, 0.3) is 5.95 Å². The first-order chi connectivity index (χ1) is 5.97. The lowest BCUT2D eigenvalue weighted by molar-refractivity contribution is -0.117. The molecule has 4 N–H and O–H groups in total. The molecule has 1 heterocycles. The van der Waals surface area contributed by atoms with Gasteiger partial charge in [0.15, 0.2) is 0 Å². The highest BCUT2D eigenvalue weighted by Gasteiger charge is 2.17. The zero-order valence-corrected chi connectivity index (χ0v) is 8.76. The van der Waals surface area contributed by atoms with Gasteiger partial charge in [0, 0.05) is 12.0 Å². The van der Waals surface area contributed by atoms with Crippen molar-refractivity contribution in [3.8, 4) is 0 Å². The molecule has 1 rings (SSSR count). The highest BCUT2D eigenvalue weighted by atomic mass is 35.5. The molecule has 0 atom stereocenters. The highest BCUT2D eigenvalue weighted by Crippen LogP contribution is 2.04. The van der Waals surface area contributed by atoms with Crippen LogP contribution in [-0.4, -0.2) is 32.1 Å². The summed E-state index contributed by atoms with van der Waals surface area (Å²) in [6.07, 6.45) is 0.210. The second-order valence-electron chi connectivity index (χ2n) is 3.45. The fourth-order valence-corrected chi connectivity index (χ4v) is 0.797. The quantitative estimate of drug-likeness (QED) is 0.647. The predicted octanol–water partition coefficient (Wildman–Crippen LogP) is -0.313. The first-order valence-electron chi connectivity index (χ1n) is 3.79. The lowest BCUT2D eigenvalue weighted by atomic mass is 10.0. The maximum absolute atomic E-state index is 11.2. The largest absolute Gasteiger partial charge is 0.325 e. The van der Waals surface area contributed by atoms with Gasteiger partial charge in [-0.25, -0.2) is 0 Å². The Balaban J connectivity index is 0.00000169. The van der Waals surface area contributed by atoms with Gasteiger partial charge in [0.2, 0.25) is 5.91 Å². The molecule has 1 amide bonds. The van der Waals surface area contributed by atoms with Crippen LogP contribution in [0.25, 0.3) is 0 Å². The van der Waals surface area contributed by atoms with Crippen molar-refractivity contribution in [2.24, 2.45) is 5.73 Å². The number of aromatic nitrogens is 4. The number of rotatable bonds is 3. The molecule has 7 nitrogen and oxygen atoms in total. The summed E-state index contributed by atoms with van der Waals surface area (Å²) in [5.41, 5.74) is 5.11. The Labute approximate surface area is 87.2 Å². The number of carbonyl (C=O) groups is 1. The molecule has 0 aliphatic carbocycles. The van der Waals surface area contributed by atoms with Gasteiger partial charge in [-0.3, -0.25) is 10.1 Å². The summed E-state index contributed by atoms with van der Waals surface area (Å²) in [6, 6.07) is 0. The molecule has 0 unspecified atom stereocenters. The van der Waals surface area contributed by atoms with Gasteiger partial charge in [0.05, 0.1) is 0 Å². The van der Waals surface area contributed by atoms with E-state index in [0.29, 0.717) is 0 Å². The lowest BCUT2D eigenvalue weighted by Crippen LogP contribution is -2.36. The van der Waals surface area contributed by atoms with Crippen LogP contribution in [0, 0.1) is 0 Å². The Bertz CT molecular complexity index is 279. The summed E-state index contributed by atoms with van der Waals surface area (Å²) in [4.78, 5) is 11.2. The van der Waals surface area contributed by atoms with Crippen molar-refractivity contribution in [1.82, 2.24) is 20.6 Å². The standard InChI is InChI=1S/C6H12N6O.ClH/c1-6(2,7)3-4(13)8-5-9-11-12-10-5;/h3,7H2,1-2H3,(H2,8,9,10,11,12,13);1H. The highest BCUT2D eigenvalue weighted by molar-refractivity contribution is 5.89. The number of hydrogen-bond acceptors (Lipinski definition) is 5. The third kappa shape index (κ3) is 4.73. The molecule has 8 heteroatoms. The Kier molecular flexibility index (Phi) is 4.45. The first-order valence-corrected chi connectivity index (χ1v) is 3.79. The van der Waals surface area contributed by atoms with Crippen molar-refractivity contribution in [2.45, 2.75) is 25.8 Å². The number of aromatic amines is 1. The van der Waals surface area contributed by atoms with E-state index < -0.39 is 5.54 Å². The van der Waals surface area contributed by atoms with E-state index in [1.165, 1.54) is 0 Å². The van der Waals surface area contributed by atoms with Crippen LogP contribution in [0.3, 0.4) is 0 Å². The average molecular weight is 221 g/mol. The van der Waals surface area contributed by atoms with Gasteiger partial charge in [-0.05, 0) is 19.1 Å². The summed E-state index contributed by atoms with van der Waals surface area (Å²) in [7, 11) is 0. The summed E-state index contributed by atoms with van der Waals surface area (Å²) < 4.78 is 0. The van der Waals surface area contributed by atoms with Crippen molar-refractivity contribution < 1.29 is 4.79 Å². The molecule has 80 valence electrons. The number of H-pyrrole nitrogens is 1. The van der Waals surface area contributed by atoms with Crippen LogP contribution in [0.2, 0.25) is 0 Å². The zero-order chi connectivity index (χ0) is 9.90. The van der Waals surface area contributed by atoms with Gasteiger partial charge in [0.1, 0.15) is 0 Å². The van der Waals surface area contributed by atoms with Crippen LogP contribution in [0.15, 0.2) is 0 Å². The van der Waals surface area contributed by atoms with E-state index in [0.717, 1.165) is 0 Å². The smallest absolute Gasteiger partial charge is 0.269 e. The van der Waals surface area contributed by atoms with Crippen LogP contribution >= 0.6 is 12.4 Å². The summed E-state index contributed by atoms with van der Waals surface area (Å²) in [6.45, 7) is 3.53. The summed E-state index contributed by atoms with van der Waals surface area (Å²) in [5, 5.41) is 15.1. The molecule has 0 aliphatic rings. The minimum absolute atomic E-state index is 0. The first kappa shape index (κ1) is 12.8. The molecule has 0 radical (unpaired) electrons. The van der Waals surface area contributed by atoms with Crippen molar-refractivity contribution in [2.75, 3.05) is 5.32 Å². The fraction of sp³-hybridized carbons (Fsp3) is 0.667. The fourth-order valence-electron chi connectivity index (χ4n) is 0.797.